The van der Waals surface area contributed by atoms with Crippen molar-refractivity contribution in [3.05, 3.63) is 65.0 Å². The molecule has 6 heteroatoms. The van der Waals surface area contributed by atoms with Gasteiger partial charge in [-0.3, -0.25) is 20.4 Å². The van der Waals surface area contributed by atoms with E-state index in [0.717, 1.165) is 6.07 Å². The molecule has 2 amide bonds. The highest BCUT2D eigenvalue weighted by Crippen LogP contribution is 2.11. The molecule has 0 spiro atoms. The van der Waals surface area contributed by atoms with Crippen molar-refractivity contribution in [2.75, 3.05) is 7.11 Å². The van der Waals surface area contributed by atoms with E-state index in [-0.39, 0.29) is 5.56 Å². The Bertz CT molecular complexity index is 699. The Morgan fingerprint density at radius 2 is 1.50 bits per heavy atom. The van der Waals surface area contributed by atoms with Crippen molar-refractivity contribution < 1.29 is 18.7 Å². The minimum atomic E-state index is -0.597. The second-order valence-corrected chi connectivity index (χ2v) is 4.60. The first-order valence-corrected chi connectivity index (χ1v) is 6.52. The van der Waals surface area contributed by atoms with Gasteiger partial charge in [0, 0.05) is 11.1 Å². The fraction of sp³-hybridized carbons (Fsp3) is 0.125. The Balaban J connectivity index is 1.97. The number of benzene rings is 2. The number of rotatable bonds is 3. The maximum absolute atomic E-state index is 13.4. The van der Waals surface area contributed by atoms with Crippen LogP contribution in [0.3, 0.4) is 0 Å². The molecule has 0 atom stereocenters. The molecule has 0 bridgehead atoms. The lowest BCUT2D eigenvalue weighted by molar-refractivity contribution is 0.0846. The third kappa shape index (κ3) is 3.60. The molecule has 2 rings (SSSR count). The van der Waals surface area contributed by atoms with Crippen LogP contribution in [0.25, 0.3) is 0 Å². The Hall–Kier alpha value is -2.89. The number of carbonyl (C=O) groups excluding carboxylic acids is 2. The predicted octanol–water partition coefficient (Wildman–Crippen LogP) is 2.22. The quantitative estimate of drug-likeness (QED) is 0.854. The Kier molecular flexibility index (Phi) is 4.73. The third-order valence-corrected chi connectivity index (χ3v) is 3.08. The fourth-order valence-corrected chi connectivity index (χ4v) is 1.73. The molecule has 0 radical (unpaired) electrons. The van der Waals surface area contributed by atoms with Gasteiger partial charge in [-0.15, -0.1) is 0 Å². The van der Waals surface area contributed by atoms with E-state index < -0.39 is 17.6 Å². The van der Waals surface area contributed by atoms with E-state index >= 15 is 0 Å². The van der Waals surface area contributed by atoms with Gasteiger partial charge in [-0.1, -0.05) is 6.07 Å². The predicted molar refractivity (Wildman–Crippen MR) is 79.1 cm³/mol. The number of hydrazine groups is 1. The molecule has 0 aliphatic heterocycles. The van der Waals surface area contributed by atoms with Gasteiger partial charge in [0.25, 0.3) is 11.8 Å². The number of hydrogen-bond donors (Lipinski definition) is 2. The zero-order valence-corrected chi connectivity index (χ0v) is 12.1. The van der Waals surface area contributed by atoms with Crippen LogP contribution in [-0.4, -0.2) is 18.9 Å². The van der Waals surface area contributed by atoms with Crippen LogP contribution >= 0.6 is 0 Å². The van der Waals surface area contributed by atoms with Crippen LogP contribution in [0.4, 0.5) is 4.39 Å². The van der Waals surface area contributed by atoms with Gasteiger partial charge in [0.1, 0.15) is 11.6 Å². The maximum atomic E-state index is 13.4. The van der Waals surface area contributed by atoms with Crippen LogP contribution in [0.15, 0.2) is 42.5 Å². The molecule has 0 saturated carbocycles. The average Bonchev–Trinajstić information content (AvgIpc) is 2.54. The number of ether oxygens (including phenoxy) is 1. The minimum absolute atomic E-state index is 0.123. The van der Waals surface area contributed by atoms with Gasteiger partial charge in [0.05, 0.1) is 7.11 Å². The smallest absolute Gasteiger partial charge is 0.269 e. The summed E-state index contributed by atoms with van der Waals surface area (Å²) in [5.74, 6) is -0.936. The van der Waals surface area contributed by atoms with Crippen molar-refractivity contribution in [1.82, 2.24) is 10.9 Å². The van der Waals surface area contributed by atoms with Crippen molar-refractivity contribution in [3.8, 4) is 5.75 Å². The molecular weight excluding hydrogens is 287 g/mol. The van der Waals surface area contributed by atoms with E-state index in [9.17, 15) is 14.0 Å². The largest absolute Gasteiger partial charge is 0.497 e. The van der Waals surface area contributed by atoms with Crippen LogP contribution in [0.1, 0.15) is 26.3 Å². The van der Waals surface area contributed by atoms with Crippen molar-refractivity contribution >= 4 is 11.8 Å². The molecular formula is C16H15FN2O3. The first-order chi connectivity index (χ1) is 10.5. The second-order valence-electron chi connectivity index (χ2n) is 4.60. The van der Waals surface area contributed by atoms with Crippen LogP contribution in [0.2, 0.25) is 0 Å². The topological polar surface area (TPSA) is 67.4 Å². The first kappa shape index (κ1) is 15.5. The van der Waals surface area contributed by atoms with Gasteiger partial charge in [-0.25, -0.2) is 4.39 Å². The average molecular weight is 302 g/mol. The Morgan fingerprint density at radius 1 is 0.955 bits per heavy atom. The zero-order valence-electron chi connectivity index (χ0n) is 12.1. The molecule has 0 heterocycles. The molecule has 2 N–H and O–H groups in total. The minimum Gasteiger partial charge on any atom is -0.497 e. The molecule has 0 fully saturated rings. The summed E-state index contributed by atoms with van der Waals surface area (Å²) in [7, 11) is 1.52. The van der Waals surface area contributed by atoms with Crippen molar-refractivity contribution in [3.63, 3.8) is 0 Å². The van der Waals surface area contributed by atoms with Crippen LogP contribution in [0.5, 0.6) is 5.75 Å². The van der Waals surface area contributed by atoms with Gasteiger partial charge in [-0.05, 0) is 48.9 Å². The summed E-state index contributed by atoms with van der Waals surface area (Å²) in [6, 6.07) is 10.5. The molecule has 0 aromatic heterocycles. The number of halogens is 1. The lowest BCUT2D eigenvalue weighted by Crippen LogP contribution is -2.41. The van der Waals surface area contributed by atoms with Crippen LogP contribution in [-0.2, 0) is 0 Å². The number of aryl methyl sites for hydroxylation is 1. The molecule has 22 heavy (non-hydrogen) atoms. The summed E-state index contributed by atoms with van der Waals surface area (Å²) in [4.78, 5) is 23.7. The number of carbonyl (C=O) groups is 2. The lowest BCUT2D eigenvalue weighted by atomic mass is 10.1. The number of nitrogens with one attached hydrogen (secondary N) is 2. The molecule has 0 saturated heterocycles. The van der Waals surface area contributed by atoms with Gasteiger partial charge < -0.3 is 4.74 Å². The van der Waals surface area contributed by atoms with E-state index in [1.54, 1.807) is 31.2 Å². The monoisotopic (exact) mass is 302 g/mol. The van der Waals surface area contributed by atoms with E-state index in [1.807, 2.05) is 0 Å². The summed E-state index contributed by atoms with van der Waals surface area (Å²) in [5, 5.41) is 0. The van der Waals surface area contributed by atoms with E-state index in [4.69, 9.17) is 4.74 Å². The van der Waals surface area contributed by atoms with Crippen molar-refractivity contribution in [1.29, 1.82) is 0 Å². The fourth-order valence-electron chi connectivity index (χ4n) is 1.73. The molecule has 114 valence electrons. The first-order valence-electron chi connectivity index (χ1n) is 6.52. The molecule has 0 aliphatic carbocycles. The number of hydrogen-bond acceptors (Lipinski definition) is 3. The molecule has 0 unspecified atom stereocenters. The van der Waals surface area contributed by atoms with Crippen LogP contribution < -0.4 is 15.6 Å². The van der Waals surface area contributed by atoms with Gasteiger partial charge in [0.15, 0.2) is 0 Å². The van der Waals surface area contributed by atoms with Crippen LogP contribution in [0, 0.1) is 12.7 Å². The molecule has 0 aliphatic rings. The highest BCUT2D eigenvalue weighted by Gasteiger charge is 2.10. The second kappa shape index (κ2) is 6.71. The van der Waals surface area contributed by atoms with Gasteiger partial charge >= 0.3 is 0 Å². The van der Waals surface area contributed by atoms with Gasteiger partial charge in [-0.2, -0.15) is 0 Å². The highest BCUT2D eigenvalue weighted by atomic mass is 19.1. The normalized spacial score (nSPS) is 9.95. The van der Waals surface area contributed by atoms with E-state index in [2.05, 4.69) is 10.9 Å². The summed E-state index contributed by atoms with van der Waals surface area (Å²) >= 11 is 0. The molecule has 5 nitrogen and oxygen atoms in total. The zero-order chi connectivity index (χ0) is 16.1. The molecule has 2 aromatic rings. The summed E-state index contributed by atoms with van der Waals surface area (Å²) in [6.45, 7) is 1.60. The lowest BCUT2D eigenvalue weighted by Gasteiger charge is -2.08. The maximum Gasteiger partial charge on any atom is 0.269 e. The van der Waals surface area contributed by atoms with E-state index in [0.29, 0.717) is 16.9 Å². The summed E-state index contributed by atoms with van der Waals surface area (Å²) in [5.41, 5.74) is 5.43. The van der Waals surface area contributed by atoms with Gasteiger partial charge in [0.2, 0.25) is 0 Å². The third-order valence-electron chi connectivity index (χ3n) is 3.08. The Morgan fingerprint density at radius 3 is 2.05 bits per heavy atom. The van der Waals surface area contributed by atoms with E-state index in [1.165, 1.54) is 19.2 Å². The number of methoxy groups -OCH3 is 1. The van der Waals surface area contributed by atoms with Crippen molar-refractivity contribution in [2.45, 2.75) is 6.92 Å². The number of amides is 2. The standard InChI is InChI=1S/C16H15FN2O3/c1-10-3-4-12(9-14(10)17)16(21)19-18-15(20)11-5-7-13(22-2)8-6-11/h3-9H,1-2H3,(H,18,20)(H,19,21). The summed E-state index contributed by atoms with van der Waals surface area (Å²) < 4.78 is 18.4. The SMILES string of the molecule is COc1ccc(C(=O)NNC(=O)c2ccc(C)c(F)c2)cc1. The van der Waals surface area contributed by atoms with Crippen molar-refractivity contribution in [2.24, 2.45) is 0 Å². The Labute approximate surface area is 127 Å². The highest BCUT2D eigenvalue weighted by molar-refractivity contribution is 5.99. The summed E-state index contributed by atoms with van der Waals surface area (Å²) in [6.07, 6.45) is 0. The molecule has 2 aromatic carbocycles.